The van der Waals surface area contributed by atoms with E-state index in [1.165, 1.54) is 17.4 Å². The first-order chi connectivity index (χ1) is 9.65. The largest absolute Gasteiger partial charge is 0.376 e. The third-order valence-electron chi connectivity index (χ3n) is 3.61. The van der Waals surface area contributed by atoms with Gasteiger partial charge in [0, 0.05) is 16.7 Å². The Hall–Kier alpha value is -1.46. The van der Waals surface area contributed by atoms with Crippen LogP contribution in [0.5, 0.6) is 0 Å². The molecule has 1 N–H and O–H groups in total. The van der Waals surface area contributed by atoms with Gasteiger partial charge in [0.15, 0.2) is 0 Å². The lowest BCUT2D eigenvalue weighted by atomic mass is 10.1. The summed E-state index contributed by atoms with van der Waals surface area (Å²) in [6, 6.07) is 6.48. The molecule has 3 rings (SSSR count). The molecule has 0 radical (unpaired) electrons. The summed E-state index contributed by atoms with van der Waals surface area (Å²) in [4.78, 5) is 12.8. The second kappa shape index (κ2) is 5.50. The van der Waals surface area contributed by atoms with E-state index in [0.717, 1.165) is 24.1 Å². The maximum absolute atomic E-state index is 13.6. The van der Waals surface area contributed by atoms with Crippen molar-refractivity contribution in [2.75, 3.05) is 6.61 Å². The Balaban J connectivity index is 1.76. The standard InChI is InChI=1S/C15H16FNO2S/c1-9(12-5-3-7-19-12)17-15(18)14-8-10-11(16)4-2-6-13(10)20-14/h2,4,6,8-9,12H,3,5,7H2,1H3,(H,17,18)/t9-,12-/m0/s1. The van der Waals surface area contributed by atoms with Gasteiger partial charge in [-0.05, 0) is 38.0 Å². The number of benzene rings is 1. The van der Waals surface area contributed by atoms with Crippen molar-refractivity contribution in [1.29, 1.82) is 0 Å². The van der Waals surface area contributed by atoms with E-state index in [9.17, 15) is 9.18 Å². The van der Waals surface area contributed by atoms with Crippen LogP contribution in [0.1, 0.15) is 29.4 Å². The van der Waals surface area contributed by atoms with Crippen molar-refractivity contribution in [3.05, 3.63) is 35.0 Å². The number of nitrogens with one attached hydrogen (secondary N) is 1. The first-order valence-electron chi connectivity index (χ1n) is 6.75. The molecule has 0 bridgehead atoms. The molecule has 1 aromatic carbocycles. The number of fused-ring (bicyclic) bond motifs is 1. The van der Waals surface area contributed by atoms with E-state index in [0.29, 0.717) is 10.3 Å². The monoisotopic (exact) mass is 293 g/mol. The number of amides is 1. The van der Waals surface area contributed by atoms with Crippen LogP contribution in [0.4, 0.5) is 4.39 Å². The summed E-state index contributed by atoms with van der Waals surface area (Å²) in [7, 11) is 0. The molecule has 2 heterocycles. The molecule has 1 saturated heterocycles. The third kappa shape index (κ3) is 2.55. The molecule has 1 fully saturated rings. The van der Waals surface area contributed by atoms with Gasteiger partial charge in [0.25, 0.3) is 5.91 Å². The Kier molecular flexibility index (Phi) is 3.72. The van der Waals surface area contributed by atoms with Crippen LogP contribution >= 0.6 is 11.3 Å². The van der Waals surface area contributed by atoms with E-state index >= 15 is 0 Å². The van der Waals surface area contributed by atoms with Crippen LogP contribution in [-0.4, -0.2) is 24.7 Å². The van der Waals surface area contributed by atoms with Crippen LogP contribution in [0.15, 0.2) is 24.3 Å². The smallest absolute Gasteiger partial charge is 0.261 e. The van der Waals surface area contributed by atoms with Crippen LogP contribution in [0.2, 0.25) is 0 Å². The van der Waals surface area contributed by atoms with Gasteiger partial charge in [-0.15, -0.1) is 11.3 Å². The average Bonchev–Trinajstić information content (AvgIpc) is 3.08. The molecule has 1 aliphatic rings. The number of thiophene rings is 1. The van der Waals surface area contributed by atoms with Crippen LogP contribution in [0, 0.1) is 5.82 Å². The van der Waals surface area contributed by atoms with Gasteiger partial charge < -0.3 is 10.1 Å². The highest BCUT2D eigenvalue weighted by Gasteiger charge is 2.24. The van der Waals surface area contributed by atoms with Gasteiger partial charge in [-0.3, -0.25) is 4.79 Å². The normalized spacial score (nSPS) is 20.2. The quantitative estimate of drug-likeness (QED) is 0.942. The predicted octanol–water partition coefficient (Wildman–Crippen LogP) is 3.34. The first-order valence-corrected chi connectivity index (χ1v) is 7.57. The molecule has 0 saturated carbocycles. The minimum Gasteiger partial charge on any atom is -0.376 e. The predicted molar refractivity (Wildman–Crippen MR) is 77.7 cm³/mol. The lowest BCUT2D eigenvalue weighted by Gasteiger charge is -2.19. The summed E-state index contributed by atoms with van der Waals surface area (Å²) in [5.74, 6) is -0.446. The fourth-order valence-electron chi connectivity index (χ4n) is 2.50. The zero-order valence-corrected chi connectivity index (χ0v) is 12.0. The average molecular weight is 293 g/mol. The number of halogens is 1. The minimum absolute atomic E-state index is 0.0277. The van der Waals surface area contributed by atoms with Crippen molar-refractivity contribution < 1.29 is 13.9 Å². The summed E-state index contributed by atoms with van der Waals surface area (Å²) in [6.45, 7) is 2.71. The molecule has 106 valence electrons. The lowest BCUT2D eigenvalue weighted by molar-refractivity contribution is 0.0714. The van der Waals surface area contributed by atoms with Crippen molar-refractivity contribution in [3.63, 3.8) is 0 Å². The highest BCUT2D eigenvalue weighted by molar-refractivity contribution is 7.20. The highest BCUT2D eigenvalue weighted by Crippen LogP contribution is 2.27. The molecule has 0 aliphatic carbocycles. The van der Waals surface area contributed by atoms with E-state index in [-0.39, 0.29) is 23.9 Å². The van der Waals surface area contributed by atoms with Crippen molar-refractivity contribution in [3.8, 4) is 0 Å². The van der Waals surface area contributed by atoms with Crippen LogP contribution in [0.3, 0.4) is 0 Å². The fraction of sp³-hybridized carbons (Fsp3) is 0.400. The minimum atomic E-state index is -0.287. The second-order valence-corrected chi connectivity index (χ2v) is 6.16. The van der Waals surface area contributed by atoms with E-state index in [1.54, 1.807) is 12.1 Å². The summed E-state index contributed by atoms with van der Waals surface area (Å²) in [6.07, 6.45) is 2.10. The van der Waals surface area contributed by atoms with Gasteiger partial charge in [-0.2, -0.15) is 0 Å². The number of ether oxygens (including phenoxy) is 1. The van der Waals surface area contributed by atoms with Gasteiger partial charge in [0.05, 0.1) is 17.0 Å². The van der Waals surface area contributed by atoms with Crippen LogP contribution in [-0.2, 0) is 4.74 Å². The van der Waals surface area contributed by atoms with E-state index in [1.807, 2.05) is 13.0 Å². The molecular weight excluding hydrogens is 277 g/mol. The Labute approximate surface area is 120 Å². The molecule has 0 spiro atoms. The Morgan fingerprint density at radius 1 is 1.55 bits per heavy atom. The number of rotatable bonds is 3. The summed E-state index contributed by atoms with van der Waals surface area (Å²) in [5, 5.41) is 3.45. The molecule has 1 aliphatic heterocycles. The van der Waals surface area contributed by atoms with Crippen LogP contribution < -0.4 is 5.32 Å². The molecule has 1 aromatic heterocycles. The molecule has 5 heteroatoms. The Morgan fingerprint density at radius 2 is 2.40 bits per heavy atom. The van der Waals surface area contributed by atoms with Crippen molar-refractivity contribution >= 4 is 27.3 Å². The highest BCUT2D eigenvalue weighted by atomic mass is 32.1. The number of carbonyl (C=O) groups is 1. The molecule has 1 amide bonds. The van der Waals surface area contributed by atoms with Gasteiger partial charge >= 0.3 is 0 Å². The molecule has 20 heavy (non-hydrogen) atoms. The summed E-state index contributed by atoms with van der Waals surface area (Å²) in [5.41, 5.74) is 0. The topological polar surface area (TPSA) is 38.3 Å². The zero-order valence-electron chi connectivity index (χ0n) is 11.2. The van der Waals surface area contributed by atoms with Gasteiger partial charge in [0.1, 0.15) is 5.82 Å². The van der Waals surface area contributed by atoms with Gasteiger partial charge in [0.2, 0.25) is 0 Å². The van der Waals surface area contributed by atoms with Crippen molar-refractivity contribution in [2.24, 2.45) is 0 Å². The molecule has 2 atom stereocenters. The lowest BCUT2D eigenvalue weighted by Crippen LogP contribution is -2.40. The van der Waals surface area contributed by atoms with Gasteiger partial charge in [-0.25, -0.2) is 4.39 Å². The number of carbonyl (C=O) groups excluding carboxylic acids is 1. The Bertz CT molecular complexity index is 634. The van der Waals surface area contributed by atoms with E-state index < -0.39 is 0 Å². The molecule has 3 nitrogen and oxygen atoms in total. The fourth-order valence-corrected chi connectivity index (χ4v) is 3.48. The first kappa shape index (κ1) is 13.5. The summed E-state index contributed by atoms with van der Waals surface area (Å²) < 4.78 is 20.0. The molecule has 0 unspecified atom stereocenters. The third-order valence-corrected chi connectivity index (χ3v) is 4.71. The SMILES string of the molecule is C[C@H](NC(=O)c1cc2c(F)cccc2s1)[C@@H]1CCCO1. The number of hydrogen-bond donors (Lipinski definition) is 1. The van der Waals surface area contributed by atoms with Crippen molar-refractivity contribution in [1.82, 2.24) is 5.32 Å². The van der Waals surface area contributed by atoms with E-state index in [2.05, 4.69) is 5.32 Å². The maximum atomic E-state index is 13.6. The molecular formula is C15H16FNO2S. The van der Waals surface area contributed by atoms with Gasteiger partial charge in [-0.1, -0.05) is 6.07 Å². The van der Waals surface area contributed by atoms with Crippen molar-refractivity contribution in [2.45, 2.75) is 31.9 Å². The Morgan fingerprint density at radius 3 is 3.10 bits per heavy atom. The molecule has 2 aromatic rings. The van der Waals surface area contributed by atoms with Crippen LogP contribution in [0.25, 0.3) is 10.1 Å². The number of hydrogen-bond acceptors (Lipinski definition) is 3. The summed E-state index contributed by atoms with van der Waals surface area (Å²) >= 11 is 1.31. The zero-order chi connectivity index (χ0) is 14.1. The second-order valence-electron chi connectivity index (χ2n) is 5.08. The maximum Gasteiger partial charge on any atom is 0.261 e. The van der Waals surface area contributed by atoms with E-state index in [4.69, 9.17) is 4.74 Å².